The maximum absolute atomic E-state index is 13.9. The van der Waals surface area contributed by atoms with Gasteiger partial charge in [0.25, 0.3) is 5.69 Å². The van der Waals surface area contributed by atoms with Gasteiger partial charge in [0.1, 0.15) is 0 Å². The number of anilines is 1. The second kappa shape index (κ2) is 5.95. The van der Waals surface area contributed by atoms with Gasteiger partial charge in [-0.15, -0.1) is 0 Å². The minimum Gasteiger partial charge on any atom is -0.368 e. The molecule has 0 spiro atoms. The normalized spacial score (nSPS) is 20.3. The summed E-state index contributed by atoms with van der Waals surface area (Å²) in [6, 6.07) is 3.87. The Labute approximate surface area is 122 Å². The average molecular weight is 294 g/mol. The molecule has 0 bridgehead atoms. The van der Waals surface area contributed by atoms with Crippen LogP contribution in [0.5, 0.6) is 0 Å². The lowest BCUT2D eigenvalue weighted by Crippen LogP contribution is -2.54. The largest absolute Gasteiger partial charge is 0.368 e. The van der Waals surface area contributed by atoms with E-state index < -0.39 is 10.7 Å². The Balaban J connectivity index is 1.54. The third-order valence-corrected chi connectivity index (χ3v) is 4.17. The van der Waals surface area contributed by atoms with Crippen molar-refractivity contribution in [1.82, 2.24) is 10.2 Å². The second-order valence-corrected chi connectivity index (χ2v) is 5.71. The zero-order chi connectivity index (χ0) is 14.8. The molecule has 0 aromatic heterocycles. The molecule has 1 aromatic rings. The van der Waals surface area contributed by atoms with Crippen molar-refractivity contribution in [1.29, 1.82) is 0 Å². The van der Waals surface area contributed by atoms with Crippen molar-refractivity contribution in [2.24, 2.45) is 5.92 Å². The van der Waals surface area contributed by atoms with Crippen molar-refractivity contribution in [2.45, 2.75) is 0 Å². The lowest BCUT2D eigenvalue weighted by atomic mass is 9.98. The highest BCUT2D eigenvalue weighted by Crippen LogP contribution is 2.30. The SMILES string of the molecule is O=[N+]([O-])c1ccc(N2CC(CN3CCNCC3)C2)c(F)c1. The van der Waals surface area contributed by atoms with E-state index in [1.807, 2.05) is 4.90 Å². The molecule has 0 aliphatic carbocycles. The highest BCUT2D eigenvalue weighted by atomic mass is 19.1. The van der Waals surface area contributed by atoms with Crippen LogP contribution in [0.15, 0.2) is 18.2 Å². The minimum atomic E-state index is -0.573. The van der Waals surface area contributed by atoms with Crippen LogP contribution in [-0.2, 0) is 0 Å². The van der Waals surface area contributed by atoms with Crippen molar-refractivity contribution in [3.8, 4) is 0 Å². The number of nitro groups is 1. The lowest BCUT2D eigenvalue weighted by Gasteiger charge is -2.43. The van der Waals surface area contributed by atoms with Gasteiger partial charge in [0.05, 0.1) is 16.7 Å². The molecule has 0 unspecified atom stereocenters. The number of rotatable bonds is 4. The average Bonchev–Trinajstić information content (AvgIpc) is 2.44. The molecular weight excluding hydrogens is 275 g/mol. The van der Waals surface area contributed by atoms with E-state index in [9.17, 15) is 14.5 Å². The predicted octanol–water partition coefficient (Wildman–Crippen LogP) is 1.08. The predicted molar refractivity (Wildman–Crippen MR) is 78.1 cm³/mol. The van der Waals surface area contributed by atoms with E-state index in [0.29, 0.717) is 11.6 Å². The highest BCUT2D eigenvalue weighted by Gasteiger charge is 2.30. The van der Waals surface area contributed by atoms with Crippen molar-refractivity contribution in [3.05, 3.63) is 34.1 Å². The molecule has 2 fully saturated rings. The van der Waals surface area contributed by atoms with Crippen LogP contribution >= 0.6 is 0 Å². The summed E-state index contributed by atoms with van der Waals surface area (Å²) < 4.78 is 13.9. The summed E-state index contributed by atoms with van der Waals surface area (Å²) >= 11 is 0. The van der Waals surface area contributed by atoms with Crippen LogP contribution in [0.1, 0.15) is 0 Å². The van der Waals surface area contributed by atoms with Gasteiger partial charge in [-0.25, -0.2) is 4.39 Å². The van der Waals surface area contributed by atoms with Crippen LogP contribution in [0.2, 0.25) is 0 Å². The third kappa shape index (κ3) is 3.14. The first-order valence-electron chi connectivity index (χ1n) is 7.25. The van der Waals surface area contributed by atoms with E-state index in [1.165, 1.54) is 12.1 Å². The molecule has 0 saturated carbocycles. The molecule has 114 valence electrons. The number of hydrogen-bond acceptors (Lipinski definition) is 5. The fraction of sp³-hybridized carbons (Fsp3) is 0.571. The Morgan fingerprint density at radius 2 is 2.05 bits per heavy atom. The number of non-ortho nitro benzene ring substituents is 1. The Morgan fingerprint density at radius 1 is 1.33 bits per heavy atom. The van der Waals surface area contributed by atoms with E-state index in [-0.39, 0.29) is 5.69 Å². The number of hydrogen-bond donors (Lipinski definition) is 1. The summed E-state index contributed by atoms with van der Waals surface area (Å²) in [5, 5.41) is 13.9. The van der Waals surface area contributed by atoms with E-state index in [1.54, 1.807) is 0 Å². The number of nitro benzene ring substituents is 1. The first kappa shape index (κ1) is 14.2. The molecule has 2 heterocycles. The van der Waals surface area contributed by atoms with Gasteiger partial charge in [-0.3, -0.25) is 10.1 Å². The summed E-state index contributed by atoms with van der Waals surface area (Å²) in [4.78, 5) is 14.4. The molecule has 0 amide bonds. The van der Waals surface area contributed by atoms with Crippen molar-refractivity contribution in [3.63, 3.8) is 0 Å². The fourth-order valence-electron chi connectivity index (χ4n) is 3.01. The number of nitrogens with zero attached hydrogens (tertiary/aromatic N) is 3. The molecule has 0 atom stereocenters. The quantitative estimate of drug-likeness (QED) is 0.665. The van der Waals surface area contributed by atoms with Crippen LogP contribution in [-0.4, -0.2) is 55.6 Å². The molecule has 7 heteroatoms. The standard InChI is InChI=1S/C14H19FN4O2/c15-13-7-12(19(20)21)1-2-14(13)18-9-11(10-18)8-17-5-3-16-4-6-17/h1-2,7,11,16H,3-6,8-10H2. The van der Waals surface area contributed by atoms with Crippen LogP contribution in [0.4, 0.5) is 15.8 Å². The number of nitrogens with one attached hydrogen (secondary N) is 1. The Hall–Kier alpha value is -1.73. The molecule has 2 aliphatic heterocycles. The van der Waals surface area contributed by atoms with Gasteiger partial charge >= 0.3 is 0 Å². The summed E-state index contributed by atoms with van der Waals surface area (Å²) in [6.07, 6.45) is 0. The maximum Gasteiger partial charge on any atom is 0.272 e. The van der Waals surface area contributed by atoms with Gasteiger partial charge in [-0.05, 0) is 6.07 Å². The van der Waals surface area contributed by atoms with Crippen LogP contribution in [0.25, 0.3) is 0 Å². The number of benzene rings is 1. The third-order valence-electron chi connectivity index (χ3n) is 4.17. The van der Waals surface area contributed by atoms with E-state index in [0.717, 1.165) is 51.9 Å². The van der Waals surface area contributed by atoms with Crippen molar-refractivity contribution >= 4 is 11.4 Å². The molecule has 1 aromatic carbocycles. The summed E-state index contributed by atoms with van der Waals surface area (Å²) in [5.74, 6) is 0.0440. The second-order valence-electron chi connectivity index (χ2n) is 5.71. The summed E-state index contributed by atoms with van der Waals surface area (Å²) in [5.41, 5.74) is 0.270. The van der Waals surface area contributed by atoms with Gasteiger partial charge in [0, 0.05) is 57.8 Å². The maximum atomic E-state index is 13.9. The van der Waals surface area contributed by atoms with Crippen molar-refractivity contribution in [2.75, 3.05) is 50.7 Å². The molecular formula is C14H19FN4O2. The minimum absolute atomic E-state index is 0.200. The lowest BCUT2D eigenvalue weighted by molar-refractivity contribution is -0.385. The first-order chi connectivity index (χ1) is 10.1. The molecule has 2 aliphatic rings. The van der Waals surface area contributed by atoms with Gasteiger partial charge < -0.3 is 15.1 Å². The summed E-state index contributed by atoms with van der Waals surface area (Å²) in [6.45, 7) is 6.90. The number of halogens is 1. The molecule has 21 heavy (non-hydrogen) atoms. The monoisotopic (exact) mass is 294 g/mol. The van der Waals surface area contributed by atoms with Crippen LogP contribution < -0.4 is 10.2 Å². The van der Waals surface area contributed by atoms with Gasteiger partial charge in [0.2, 0.25) is 0 Å². The zero-order valence-electron chi connectivity index (χ0n) is 11.8. The smallest absolute Gasteiger partial charge is 0.272 e. The Morgan fingerprint density at radius 3 is 2.67 bits per heavy atom. The van der Waals surface area contributed by atoms with Gasteiger partial charge in [0.15, 0.2) is 5.82 Å². The molecule has 6 nitrogen and oxygen atoms in total. The van der Waals surface area contributed by atoms with E-state index in [2.05, 4.69) is 10.2 Å². The first-order valence-corrected chi connectivity index (χ1v) is 7.25. The Kier molecular flexibility index (Phi) is 4.03. The van der Waals surface area contributed by atoms with Crippen LogP contribution in [0, 0.1) is 21.8 Å². The van der Waals surface area contributed by atoms with Crippen molar-refractivity contribution < 1.29 is 9.31 Å². The highest BCUT2D eigenvalue weighted by molar-refractivity contribution is 5.54. The molecule has 1 N–H and O–H groups in total. The molecule has 2 saturated heterocycles. The summed E-state index contributed by atoms with van der Waals surface area (Å²) in [7, 11) is 0. The fourth-order valence-corrected chi connectivity index (χ4v) is 3.01. The Bertz CT molecular complexity index is 528. The molecule has 0 radical (unpaired) electrons. The van der Waals surface area contributed by atoms with E-state index in [4.69, 9.17) is 0 Å². The zero-order valence-corrected chi connectivity index (χ0v) is 11.8. The van der Waals surface area contributed by atoms with Crippen LogP contribution in [0.3, 0.4) is 0 Å². The number of piperazine rings is 1. The van der Waals surface area contributed by atoms with E-state index >= 15 is 0 Å². The topological polar surface area (TPSA) is 61.7 Å². The van der Waals surface area contributed by atoms with Gasteiger partial charge in [-0.2, -0.15) is 0 Å². The van der Waals surface area contributed by atoms with Gasteiger partial charge in [-0.1, -0.05) is 0 Å². The molecule has 3 rings (SSSR count).